The Morgan fingerprint density at radius 3 is 2.26 bits per heavy atom. The predicted molar refractivity (Wildman–Crippen MR) is 104 cm³/mol. The molecular formula is C19H21ClN2O5. The van der Waals surface area contributed by atoms with E-state index in [0.717, 1.165) is 0 Å². The van der Waals surface area contributed by atoms with E-state index in [1.807, 2.05) is 0 Å². The fourth-order valence-electron chi connectivity index (χ4n) is 2.49. The Morgan fingerprint density at radius 2 is 1.67 bits per heavy atom. The van der Waals surface area contributed by atoms with Crippen molar-refractivity contribution < 1.29 is 23.8 Å². The second-order valence-corrected chi connectivity index (χ2v) is 5.97. The third kappa shape index (κ3) is 5.04. The zero-order chi connectivity index (χ0) is 20.0. The van der Waals surface area contributed by atoms with Crippen LogP contribution in [0, 0.1) is 0 Å². The summed E-state index contributed by atoms with van der Waals surface area (Å²) in [6, 6.07) is 9.88. The molecule has 0 radical (unpaired) electrons. The van der Waals surface area contributed by atoms with Crippen molar-refractivity contribution in [2.24, 2.45) is 0 Å². The molecule has 7 nitrogen and oxygen atoms in total. The largest absolute Gasteiger partial charge is 0.497 e. The van der Waals surface area contributed by atoms with Gasteiger partial charge in [-0.3, -0.25) is 14.5 Å². The van der Waals surface area contributed by atoms with E-state index in [2.05, 4.69) is 5.32 Å². The lowest BCUT2D eigenvalue weighted by atomic mass is 10.2. The van der Waals surface area contributed by atoms with Crippen molar-refractivity contribution in [3.63, 3.8) is 0 Å². The zero-order valence-corrected chi connectivity index (χ0v) is 16.3. The summed E-state index contributed by atoms with van der Waals surface area (Å²) >= 11 is 5.98. The molecule has 0 saturated heterocycles. The van der Waals surface area contributed by atoms with Crippen molar-refractivity contribution in [3.05, 3.63) is 41.4 Å². The van der Waals surface area contributed by atoms with Crippen LogP contribution < -0.4 is 24.4 Å². The van der Waals surface area contributed by atoms with E-state index in [0.29, 0.717) is 33.6 Å². The minimum Gasteiger partial charge on any atom is -0.497 e. The number of carbonyl (C=O) groups excluding carboxylic acids is 2. The number of nitrogens with one attached hydrogen (secondary N) is 1. The van der Waals surface area contributed by atoms with Gasteiger partial charge in [-0.1, -0.05) is 11.6 Å². The molecule has 0 aliphatic rings. The number of rotatable bonds is 7. The smallest absolute Gasteiger partial charge is 0.244 e. The standard InChI is InChI=1S/C19H21ClN2O5/c1-12(23)22(16-10-14(25-2)6-8-18(16)27-4)11-19(24)21-15-9-13(20)5-7-17(15)26-3/h5-10H,11H2,1-4H3,(H,21,24). The van der Waals surface area contributed by atoms with Crippen LogP contribution >= 0.6 is 11.6 Å². The molecular weight excluding hydrogens is 372 g/mol. The number of halogens is 1. The summed E-state index contributed by atoms with van der Waals surface area (Å²) < 4.78 is 15.7. The maximum absolute atomic E-state index is 12.6. The van der Waals surface area contributed by atoms with Gasteiger partial charge in [0, 0.05) is 18.0 Å². The molecule has 27 heavy (non-hydrogen) atoms. The highest BCUT2D eigenvalue weighted by Gasteiger charge is 2.21. The summed E-state index contributed by atoms with van der Waals surface area (Å²) in [6.45, 7) is 1.14. The Morgan fingerprint density at radius 1 is 1.00 bits per heavy atom. The Kier molecular flexibility index (Phi) is 6.90. The second kappa shape index (κ2) is 9.14. The highest BCUT2D eigenvalue weighted by Crippen LogP contribution is 2.33. The first-order valence-electron chi connectivity index (χ1n) is 8.03. The molecule has 144 valence electrons. The number of nitrogens with zero attached hydrogens (tertiary/aromatic N) is 1. The van der Waals surface area contributed by atoms with E-state index >= 15 is 0 Å². The molecule has 2 rings (SSSR count). The Labute approximate surface area is 162 Å². The van der Waals surface area contributed by atoms with Gasteiger partial charge in [-0.2, -0.15) is 0 Å². The van der Waals surface area contributed by atoms with Gasteiger partial charge in [-0.15, -0.1) is 0 Å². The highest BCUT2D eigenvalue weighted by molar-refractivity contribution is 6.31. The van der Waals surface area contributed by atoms with Crippen LogP contribution in [0.2, 0.25) is 5.02 Å². The summed E-state index contributed by atoms with van der Waals surface area (Å²) in [5.41, 5.74) is 0.841. The summed E-state index contributed by atoms with van der Waals surface area (Å²) in [5, 5.41) is 3.16. The number of hydrogen-bond donors (Lipinski definition) is 1. The van der Waals surface area contributed by atoms with Gasteiger partial charge in [-0.05, 0) is 30.3 Å². The van der Waals surface area contributed by atoms with Crippen molar-refractivity contribution in [1.82, 2.24) is 0 Å². The Balaban J connectivity index is 2.28. The molecule has 0 aromatic heterocycles. The van der Waals surface area contributed by atoms with Gasteiger partial charge < -0.3 is 19.5 Å². The van der Waals surface area contributed by atoms with E-state index in [1.54, 1.807) is 36.4 Å². The molecule has 0 atom stereocenters. The average Bonchev–Trinajstić information content (AvgIpc) is 2.65. The van der Waals surface area contributed by atoms with Gasteiger partial charge in [0.1, 0.15) is 23.8 Å². The monoisotopic (exact) mass is 392 g/mol. The van der Waals surface area contributed by atoms with Crippen molar-refractivity contribution in [2.45, 2.75) is 6.92 Å². The van der Waals surface area contributed by atoms with E-state index in [4.69, 9.17) is 25.8 Å². The quantitative estimate of drug-likeness (QED) is 0.781. The molecule has 0 bridgehead atoms. The summed E-state index contributed by atoms with van der Waals surface area (Å²) in [5.74, 6) is 0.694. The molecule has 1 N–H and O–H groups in total. The lowest BCUT2D eigenvalue weighted by Gasteiger charge is -2.23. The number of carbonyl (C=O) groups is 2. The summed E-state index contributed by atoms with van der Waals surface area (Å²) in [4.78, 5) is 26.0. The van der Waals surface area contributed by atoms with Gasteiger partial charge in [0.15, 0.2) is 0 Å². The van der Waals surface area contributed by atoms with Gasteiger partial charge in [0.25, 0.3) is 0 Å². The minimum atomic E-state index is -0.421. The number of benzene rings is 2. The van der Waals surface area contributed by atoms with Crippen LogP contribution in [-0.2, 0) is 9.59 Å². The van der Waals surface area contributed by atoms with E-state index in [9.17, 15) is 9.59 Å². The van der Waals surface area contributed by atoms with Crippen LogP contribution in [0.5, 0.6) is 17.2 Å². The fraction of sp³-hybridized carbons (Fsp3) is 0.263. The van der Waals surface area contributed by atoms with Crippen LogP contribution in [-0.4, -0.2) is 39.7 Å². The lowest BCUT2D eigenvalue weighted by molar-refractivity contribution is -0.120. The van der Waals surface area contributed by atoms with Gasteiger partial charge >= 0.3 is 0 Å². The topological polar surface area (TPSA) is 77.1 Å². The molecule has 0 unspecified atom stereocenters. The van der Waals surface area contributed by atoms with Crippen molar-refractivity contribution >= 4 is 34.8 Å². The maximum atomic E-state index is 12.6. The van der Waals surface area contributed by atoms with Gasteiger partial charge in [0.2, 0.25) is 11.8 Å². The number of amides is 2. The molecule has 0 aliphatic heterocycles. The van der Waals surface area contributed by atoms with Crippen molar-refractivity contribution in [2.75, 3.05) is 38.1 Å². The molecule has 2 amide bonds. The number of methoxy groups -OCH3 is 3. The van der Waals surface area contributed by atoms with Gasteiger partial charge in [0.05, 0.1) is 32.7 Å². The third-order valence-corrected chi connectivity index (χ3v) is 4.03. The fourth-order valence-corrected chi connectivity index (χ4v) is 2.66. The maximum Gasteiger partial charge on any atom is 0.244 e. The first-order valence-corrected chi connectivity index (χ1v) is 8.41. The second-order valence-electron chi connectivity index (χ2n) is 5.54. The first kappa shape index (κ1) is 20.4. The zero-order valence-electron chi connectivity index (χ0n) is 15.5. The summed E-state index contributed by atoms with van der Waals surface area (Å²) in [7, 11) is 4.49. The molecule has 2 aromatic rings. The van der Waals surface area contributed by atoms with Gasteiger partial charge in [-0.25, -0.2) is 0 Å². The molecule has 0 aliphatic carbocycles. The van der Waals surface area contributed by atoms with Crippen molar-refractivity contribution in [3.8, 4) is 17.2 Å². The van der Waals surface area contributed by atoms with Crippen LogP contribution in [0.1, 0.15) is 6.92 Å². The number of hydrogen-bond acceptors (Lipinski definition) is 5. The average molecular weight is 393 g/mol. The SMILES string of the molecule is COc1ccc(OC)c(N(CC(=O)Nc2cc(Cl)ccc2OC)C(C)=O)c1. The third-order valence-electron chi connectivity index (χ3n) is 3.79. The predicted octanol–water partition coefficient (Wildman–Crippen LogP) is 3.36. The van der Waals surface area contributed by atoms with E-state index in [-0.39, 0.29) is 12.5 Å². The van der Waals surface area contributed by atoms with Crippen LogP contribution in [0.3, 0.4) is 0 Å². The van der Waals surface area contributed by atoms with Crippen LogP contribution in [0.25, 0.3) is 0 Å². The molecule has 8 heteroatoms. The molecule has 0 saturated carbocycles. The summed E-state index contributed by atoms with van der Waals surface area (Å²) in [6.07, 6.45) is 0. The van der Waals surface area contributed by atoms with E-state index < -0.39 is 5.91 Å². The molecule has 0 spiro atoms. The Bertz CT molecular complexity index is 841. The van der Waals surface area contributed by atoms with Crippen molar-refractivity contribution in [1.29, 1.82) is 0 Å². The molecule has 2 aromatic carbocycles. The number of anilines is 2. The lowest BCUT2D eigenvalue weighted by Crippen LogP contribution is -2.37. The first-order chi connectivity index (χ1) is 12.9. The molecule has 0 heterocycles. The normalized spacial score (nSPS) is 10.1. The minimum absolute atomic E-state index is 0.228. The van der Waals surface area contributed by atoms with Crippen LogP contribution in [0.15, 0.2) is 36.4 Å². The Hall–Kier alpha value is -2.93. The number of ether oxygens (including phenoxy) is 3. The molecule has 0 fully saturated rings. The van der Waals surface area contributed by atoms with E-state index in [1.165, 1.54) is 33.2 Å². The highest BCUT2D eigenvalue weighted by atomic mass is 35.5. The van der Waals surface area contributed by atoms with Crippen LogP contribution in [0.4, 0.5) is 11.4 Å².